The number of hydrogen-bond acceptors (Lipinski definition) is 5. The minimum Gasteiger partial charge on any atom is -0.484 e. The Labute approximate surface area is 155 Å². The van der Waals surface area contributed by atoms with Crippen LogP contribution < -0.4 is 9.64 Å². The van der Waals surface area contributed by atoms with Crippen molar-refractivity contribution in [2.75, 3.05) is 37.7 Å². The van der Waals surface area contributed by atoms with Crippen molar-refractivity contribution >= 4 is 28.9 Å². The molecule has 2 aromatic carbocycles. The van der Waals surface area contributed by atoms with Crippen LogP contribution in [0.25, 0.3) is 0 Å². The lowest BCUT2D eigenvalue weighted by Gasteiger charge is -2.36. The number of nitrogens with zero attached hydrogens (tertiary/aromatic N) is 3. The van der Waals surface area contributed by atoms with Gasteiger partial charge < -0.3 is 14.5 Å². The van der Waals surface area contributed by atoms with Crippen LogP contribution in [-0.2, 0) is 4.79 Å². The minimum atomic E-state index is -0.416. The normalized spacial score (nSPS) is 14.2. The highest BCUT2D eigenvalue weighted by Crippen LogP contribution is 2.21. The van der Waals surface area contributed by atoms with Gasteiger partial charge in [-0.05, 0) is 36.4 Å². The number of benzene rings is 2. The lowest BCUT2D eigenvalue weighted by atomic mass is 10.2. The van der Waals surface area contributed by atoms with Gasteiger partial charge in [0.2, 0.25) is 0 Å². The number of amides is 1. The molecule has 0 N–H and O–H groups in total. The standard InChI is InChI=1S/C18H18ClN3O4/c19-14-1-7-17(8-2-14)26-13-18(23)21-11-9-20(10-12-21)15-3-5-16(6-4-15)22(24)25/h1-8H,9-13H2. The molecular weight excluding hydrogens is 358 g/mol. The van der Waals surface area contributed by atoms with Crippen LogP contribution in [0.3, 0.4) is 0 Å². The molecule has 0 radical (unpaired) electrons. The molecule has 0 spiro atoms. The second-order valence-corrected chi connectivity index (χ2v) is 6.32. The fourth-order valence-electron chi connectivity index (χ4n) is 2.77. The van der Waals surface area contributed by atoms with Gasteiger partial charge in [-0.2, -0.15) is 0 Å². The van der Waals surface area contributed by atoms with Crippen molar-refractivity contribution in [3.05, 3.63) is 63.7 Å². The van der Waals surface area contributed by atoms with Crippen LogP contribution in [-0.4, -0.2) is 48.5 Å². The summed E-state index contributed by atoms with van der Waals surface area (Å²) in [4.78, 5) is 26.4. The molecule has 0 unspecified atom stereocenters. The van der Waals surface area contributed by atoms with Crippen LogP contribution in [0.2, 0.25) is 5.02 Å². The molecule has 1 fully saturated rings. The summed E-state index contributed by atoms with van der Waals surface area (Å²) < 4.78 is 5.50. The summed E-state index contributed by atoms with van der Waals surface area (Å²) in [6.07, 6.45) is 0. The number of carbonyl (C=O) groups excluding carboxylic acids is 1. The van der Waals surface area contributed by atoms with Crippen molar-refractivity contribution in [2.24, 2.45) is 0 Å². The maximum atomic E-state index is 12.3. The summed E-state index contributed by atoms with van der Waals surface area (Å²) in [5.41, 5.74) is 0.988. The molecule has 1 saturated heterocycles. The number of nitro groups is 1. The van der Waals surface area contributed by atoms with Gasteiger partial charge in [-0.3, -0.25) is 14.9 Å². The topological polar surface area (TPSA) is 75.9 Å². The smallest absolute Gasteiger partial charge is 0.269 e. The van der Waals surface area contributed by atoms with Gasteiger partial charge >= 0.3 is 0 Å². The van der Waals surface area contributed by atoms with Gasteiger partial charge in [0.25, 0.3) is 11.6 Å². The number of ether oxygens (including phenoxy) is 1. The van der Waals surface area contributed by atoms with Crippen LogP contribution in [0.1, 0.15) is 0 Å². The summed E-state index contributed by atoms with van der Waals surface area (Å²) >= 11 is 5.82. The van der Waals surface area contributed by atoms with Crippen molar-refractivity contribution in [1.82, 2.24) is 4.90 Å². The van der Waals surface area contributed by atoms with E-state index in [2.05, 4.69) is 4.90 Å². The first-order chi connectivity index (χ1) is 12.5. The molecule has 1 amide bonds. The Kier molecular flexibility index (Phi) is 5.58. The van der Waals surface area contributed by atoms with E-state index in [1.165, 1.54) is 12.1 Å². The quantitative estimate of drug-likeness (QED) is 0.593. The molecule has 8 heteroatoms. The maximum absolute atomic E-state index is 12.3. The molecule has 0 aromatic heterocycles. The number of hydrogen-bond donors (Lipinski definition) is 0. The van der Waals surface area contributed by atoms with E-state index in [9.17, 15) is 14.9 Å². The predicted octanol–water partition coefficient (Wildman–Crippen LogP) is 2.98. The third-order valence-electron chi connectivity index (χ3n) is 4.23. The van der Waals surface area contributed by atoms with E-state index in [0.29, 0.717) is 37.0 Å². The Morgan fingerprint density at radius 3 is 2.23 bits per heavy atom. The number of carbonyl (C=O) groups is 1. The van der Waals surface area contributed by atoms with Gasteiger partial charge in [0, 0.05) is 49.0 Å². The SMILES string of the molecule is O=C(COc1ccc(Cl)cc1)N1CCN(c2ccc([N+](=O)[O-])cc2)CC1. The zero-order chi connectivity index (χ0) is 18.5. The van der Waals surface area contributed by atoms with Gasteiger partial charge in [0.05, 0.1) is 4.92 Å². The highest BCUT2D eigenvalue weighted by molar-refractivity contribution is 6.30. The second-order valence-electron chi connectivity index (χ2n) is 5.88. The van der Waals surface area contributed by atoms with E-state index in [4.69, 9.17) is 16.3 Å². The molecule has 136 valence electrons. The van der Waals surface area contributed by atoms with Gasteiger partial charge in [-0.25, -0.2) is 0 Å². The third kappa shape index (κ3) is 4.43. The molecule has 1 heterocycles. The summed E-state index contributed by atoms with van der Waals surface area (Å²) in [6.45, 7) is 2.49. The van der Waals surface area contributed by atoms with Crippen LogP contribution in [0.15, 0.2) is 48.5 Å². The zero-order valence-electron chi connectivity index (χ0n) is 14.0. The van der Waals surface area contributed by atoms with E-state index in [1.807, 2.05) is 0 Å². The average Bonchev–Trinajstić information content (AvgIpc) is 2.67. The first kappa shape index (κ1) is 18.0. The largest absolute Gasteiger partial charge is 0.484 e. The minimum absolute atomic E-state index is 0.0147. The number of non-ortho nitro benzene ring substituents is 1. The molecule has 7 nitrogen and oxygen atoms in total. The Morgan fingerprint density at radius 2 is 1.65 bits per heavy atom. The van der Waals surface area contributed by atoms with E-state index in [1.54, 1.807) is 41.3 Å². The number of halogens is 1. The highest BCUT2D eigenvalue weighted by atomic mass is 35.5. The molecule has 0 aliphatic carbocycles. The fourth-order valence-corrected chi connectivity index (χ4v) is 2.89. The summed E-state index contributed by atoms with van der Waals surface area (Å²) in [7, 11) is 0. The molecule has 0 saturated carbocycles. The van der Waals surface area contributed by atoms with Gasteiger partial charge in [0.15, 0.2) is 6.61 Å². The van der Waals surface area contributed by atoms with E-state index < -0.39 is 4.92 Å². The van der Waals surface area contributed by atoms with Crippen LogP contribution in [0.4, 0.5) is 11.4 Å². The Balaban J connectivity index is 1.48. The Morgan fingerprint density at radius 1 is 1.04 bits per heavy atom. The highest BCUT2D eigenvalue weighted by Gasteiger charge is 2.22. The van der Waals surface area contributed by atoms with E-state index >= 15 is 0 Å². The van der Waals surface area contributed by atoms with Crippen molar-refractivity contribution in [2.45, 2.75) is 0 Å². The molecule has 0 atom stereocenters. The average molecular weight is 376 g/mol. The number of rotatable bonds is 5. The van der Waals surface area contributed by atoms with Crippen molar-refractivity contribution in [1.29, 1.82) is 0 Å². The monoisotopic (exact) mass is 375 g/mol. The first-order valence-corrected chi connectivity index (χ1v) is 8.56. The molecule has 0 bridgehead atoms. The lowest BCUT2D eigenvalue weighted by Crippen LogP contribution is -2.50. The van der Waals surface area contributed by atoms with Crippen molar-refractivity contribution in [3.63, 3.8) is 0 Å². The fraction of sp³-hybridized carbons (Fsp3) is 0.278. The van der Waals surface area contributed by atoms with Gasteiger partial charge in [-0.1, -0.05) is 11.6 Å². The van der Waals surface area contributed by atoms with Crippen molar-refractivity contribution < 1.29 is 14.5 Å². The maximum Gasteiger partial charge on any atom is 0.269 e. The Hall–Kier alpha value is -2.80. The zero-order valence-corrected chi connectivity index (χ0v) is 14.8. The summed E-state index contributed by atoms with van der Waals surface area (Å²) in [5.74, 6) is 0.538. The molecular formula is C18H18ClN3O4. The van der Waals surface area contributed by atoms with Gasteiger partial charge in [-0.15, -0.1) is 0 Å². The summed E-state index contributed by atoms with van der Waals surface area (Å²) in [5, 5.41) is 11.3. The summed E-state index contributed by atoms with van der Waals surface area (Å²) in [6, 6.07) is 13.3. The third-order valence-corrected chi connectivity index (χ3v) is 4.49. The second kappa shape index (κ2) is 8.05. The lowest BCUT2D eigenvalue weighted by molar-refractivity contribution is -0.384. The van der Waals surface area contributed by atoms with E-state index in [0.717, 1.165) is 5.69 Å². The predicted molar refractivity (Wildman–Crippen MR) is 98.8 cm³/mol. The molecule has 1 aliphatic rings. The van der Waals surface area contributed by atoms with E-state index in [-0.39, 0.29) is 18.2 Å². The van der Waals surface area contributed by atoms with Crippen molar-refractivity contribution in [3.8, 4) is 5.75 Å². The molecule has 3 rings (SSSR count). The molecule has 26 heavy (non-hydrogen) atoms. The number of nitro benzene ring substituents is 1. The van der Waals surface area contributed by atoms with Crippen LogP contribution >= 0.6 is 11.6 Å². The van der Waals surface area contributed by atoms with Crippen LogP contribution in [0, 0.1) is 10.1 Å². The first-order valence-electron chi connectivity index (χ1n) is 8.18. The number of piperazine rings is 1. The molecule has 1 aliphatic heterocycles. The number of anilines is 1. The Bertz CT molecular complexity index is 772. The van der Waals surface area contributed by atoms with Gasteiger partial charge in [0.1, 0.15) is 5.75 Å². The van der Waals surface area contributed by atoms with Crippen LogP contribution in [0.5, 0.6) is 5.75 Å². The molecule has 2 aromatic rings.